The van der Waals surface area contributed by atoms with Crippen LogP contribution in [-0.2, 0) is 11.3 Å². The molecule has 6 heteroatoms. The van der Waals surface area contributed by atoms with Crippen molar-refractivity contribution in [2.24, 2.45) is 0 Å². The van der Waals surface area contributed by atoms with Gasteiger partial charge >= 0.3 is 6.03 Å². The monoisotopic (exact) mass is 333 g/mol. The Hall–Kier alpha value is -1.79. The maximum atomic E-state index is 12.7. The number of urea groups is 1. The third kappa shape index (κ3) is 3.99. The molecule has 1 atom stereocenters. The summed E-state index contributed by atoms with van der Waals surface area (Å²) in [4.78, 5) is 19.0. The van der Waals surface area contributed by atoms with Gasteiger partial charge in [-0.15, -0.1) is 0 Å². The summed E-state index contributed by atoms with van der Waals surface area (Å²) in [5.74, 6) is 0.890. The van der Waals surface area contributed by atoms with Crippen LogP contribution in [0, 0.1) is 0 Å². The van der Waals surface area contributed by atoms with Crippen molar-refractivity contribution in [2.75, 3.05) is 53.0 Å². The third-order valence-electron chi connectivity index (χ3n) is 4.78. The molecular weight excluding hydrogens is 306 g/mol. The van der Waals surface area contributed by atoms with E-state index in [1.165, 1.54) is 5.56 Å². The zero-order valence-corrected chi connectivity index (χ0v) is 14.6. The van der Waals surface area contributed by atoms with Crippen LogP contribution in [-0.4, -0.2) is 79.8 Å². The summed E-state index contributed by atoms with van der Waals surface area (Å²) in [6.07, 6.45) is 0. The highest BCUT2D eigenvalue weighted by Gasteiger charge is 2.30. The lowest BCUT2D eigenvalue weighted by atomic mass is 10.1. The minimum absolute atomic E-state index is 0.159. The van der Waals surface area contributed by atoms with Crippen molar-refractivity contribution in [1.82, 2.24) is 14.7 Å². The van der Waals surface area contributed by atoms with Gasteiger partial charge in [0.15, 0.2) is 0 Å². The fourth-order valence-corrected chi connectivity index (χ4v) is 3.43. The Morgan fingerprint density at radius 1 is 1.25 bits per heavy atom. The molecule has 0 saturated carbocycles. The first-order valence-corrected chi connectivity index (χ1v) is 8.66. The second-order valence-electron chi connectivity index (χ2n) is 6.51. The molecule has 0 bridgehead atoms. The molecule has 0 aromatic heterocycles. The number of nitrogens with zero attached hydrogens (tertiary/aromatic N) is 3. The summed E-state index contributed by atoms with van der Waals surface area (Å²) in [5.41, 5.74) is 1.24. The van der Waals surface area contributed by atoms with Crippen molar-refractivity contribution in [1.29, 1.82) is 0 Å². The maximum absolute atomic E-state index is 12.7. The smallest absolute Gasteiger partial charge is 0.320 e. The van der Waals surface area contributed by atoms with Gasteiger partial charge in [0.1, 0.15) is 5.75 Å². The number of carbonyl (C=O) groups excluding carboxylic acids is 1. The summed E-state index contributed by atoms with van der Waals surface area (Å²) < 4.78 is 10.6. The van der Waals surface area contributed by atoms with Crippen LogP contribution < -0.4 is 4.74 Å². The second-order valence-corrected chi connectivity index (χ2v) is 6.51. The van der Waals surface area contributed by atoms with E-state index in [0.717, 1.165) is 31.9 Å². The van der Waals surface area contributed by atoms with Crippen molar-refractivity contribution in [3.8, 4) is 5.75 Å². The van der Waals surface area contributed by atoms with Crippen molar-refractivity contribution in [3.05, 3.63) is 29.8 Å². The maximum Gasteiger partial charge on any atom is 0.320 e. The van der Waals surface area contributed by atoms with Gasteiger partial charge in [-0.3, -0.25) is 4.90 Å². The van der Waals surface area contributed by atoms with Crippen LogP contribution >= 0.6 is 0 Å². The Morgan fingerprint density at radius 2 is 2.04 bits per heavy atom. The normalized spacial score (nSPS) is 22.5. The Balaban J connectivity index is 1.55. The molecule has 3 rings (SSSR count). The fourth-order valence-electron chi connectivity index (χ4n) is 3.43. The number of carbonyl (C=O) groups is 1. The molecule has 0 N–H and O–H groups in total. The largest absolute Gasteiger partial charge is 0.497 e. The molecule has 2 aliphatic heterocycles. The number of amides is 2. The molecule has 0 spiro atoms. The number of methoxy groups -OCH3 is 1. The number of hydrogen-bond acceptors (Lipinski definition) is 4. The quantitative estimate of drug-likeness (QED) is 0.844. The van der Waals surface area contributed by atoms with E-state index in [9.17, 15) is 4.79 Å². The minimum Gasteiger partial charge on any atom is -0.497 e. The standard InChI is InChI=1S/C18H27N3O3/c1-15-13-19(14-16-4-3-5-17(12-16)23-2)6-7-21(15)18(22)20-8-10-24-11-9-20/h3-5,12,15H,6-11,13-14H2,1-2H3/t15-/m0/s1. The van der Waals surface area contributed by atoms with Crippen LogP contribution in [0.3, 0.4) is 0 Å². The first kappa shape index (κ1) is 17.0. The van der Waals surface area contributed by atoms with E-state index in [1.54, 1.807) is 7.11 Å². The van der Waals surface area contributed by atoms with Crippen LogP contribution in [0.2, 0.25) is 0 Å². The van der Waals surface area contributed by atoms with E-state index in [2.05, 4.69) is 24.0 Å². The van der Waals surface area contributed by atoms with Crippen molar-refractivity contribution in [3.63, 3.8) is 0 Å². The summed E-state index contributed by atoms with van der Waals surface area (Å²) in [5, 5.41) is 0. The lowest BCUT2D eigenvalue weighted by molar-refractivity contribution is 0.0284. The first-order chi connectivity index (χ1) is 11.7. The molecule has 0 aliphatic carbocycles. The highest BCUT2D eigenvalue weighted by Crippen LogP contribution is 2.18. The minimum atomic E-state index is 0.159. The van der Waals surface area contributed by atoms with Gasteiger partial charge < -0.3 is 19.3 Å². The molecule has 0 radical (unpaired) electrons. The Bertz CT molecular complexity index is 560. The van der Waals surface area contributed by atoms with Gasteiger partial charge in [0.05, 0.1) is 20.3 Å². The predicted molar refractivity (Wildman–Crippen MR) is 92.2 cm³/mol. The second kappa shape index (κ2) is 7.85. The van der Waals surface area contributed by atoms with Gasteiger partial charge in [0.2, 0.25) is 0 Å². The van der Waals surface area contributed by atoms with E-state index in [0.29, 0.717) is 26.3 Å². The van der Waals surface area contributed by atoms with E-state index < -0.39 is 0 Å². The molecule has 1 aromatic carbocycles. The van der Waals surface area contributed by atoms with E-state index in [4.69, 9.17) is 9.47 Å². The summed E-state index contributed by atoms with van der Waals surface area (Å²) in [7, 11) is 1.69. The van der Waals surface area contributed by atoms with Crippen LogP contribution in [0.1, 0.15) is 12.5 Å². The SMILES string of the molecule is COc1cccc(CN2CCN(C(=O)N3CCOCC3)[C@@H](C)C2)c1. The highest BCUT2D eigenvalue weighted by atomic mass is 16.5. The van der Waals surface area contributed by atoms with E-state index in [1.807, 2.05) is 21.9 Å². The van der Waals surface area contributed by atoms with Gasteiger partial charge in [0, 0.05) is 45.3 Å². The first-order valence-electron chi connectivity index (χ1n) is 8.66. The molecule has 2 heterocycles. The van der Waals surface area contributed by atoms with Gasteiger partial charge in [-0.2, -0.15) is 0 Å². The summed E-state index contributed by atoms with van der Waals surface area (Å²) >= 11 is 0. The van der Waals surface area contributed by atoms with Crippen molar-refractivity contribution in [2.45, 2.75) is 19.5 Å². The molecule has 2 fully saturated rings. The molecule has 0 unspecified atom stereocenters. The van der Waals surface area contributed by atoms with Crippen LogP contribution in [0.4, 0.5) is 4.79 Å². The Kier molecular flexibility index (Phi) is 5.58. The molecule has 2 amide bonds. The van der Waals surface area contributed by atoms with Gasteiger partial charge in [0.25, 0.3) is 0 Å². The number of benzene rings is 1. The van der Waals surface area contributed by atoms with Crippen LogP contribution in [0.15, 0.2) is 24.3 Å². The number of rotatable bonds is 3. The van der Waals surface area contributed by atoms with Crippen molar-refractivity contribution < 1.29 is 14.3 Å². The highest BCUT2D eigenvalue weighted by molar-refractivity contribution is 5.75. The molecule has 2 saturated heterocycles. The van der Waals surface area contributed by atoms with E-state index >= 15 is 0 Å². The zero-order chi connectivity index (χ0) is 16.9. The van der Waals surface area contributed by atoms with Gasteiger partial charge in [-0.25, -0.2) is 4.79 Å². The van der Waals surface area contributed by atoms with Gasteiger partial charge in [-0.05, 0) is 24.6 Å². The van der Waals surface area contributed by atoms with Crippen molar-refractivity contribution >= 4 is 6.03 Å². The molecular formula is C18H27N3O3. The lowest BCUT2D eigenvalue weighted by Gasteiger charge is -2.42. The zero-order valence-electron chi connectivity index (χ0n) is 14.6. The Labute approximate surface area is 143 Å². The number of morpholine rings is 1. The number of ether oxygens (including phenoxy) is 2. The summed E-state index contributed by atoms with van der Waals surface area (Å²) in [6, 6.07) is 8.57. The lowest BCUT2D eigenvalue weighted by Crippen LogP contribution is -2.58. The van der Waals surface area contributed by atoms with Gasteiger partial charge in [-0.1, -0.05) is 12.1 Å². The average Bonchev–Trinajstić information content (AvgIpc) is 2.62. The molecule has 2 aliphatic rings. The van der Waals surface area contributed by atoms with Crippen LogP contribution in [0.5, 0.6) is 5.75 Å². The molecule has 1 aromatic rings. The predicted octanol–water partition coefficient (Wildman–Crippen LogP) is 1.65. The van der Waals surface area contributed by atoms with E-state index in [-0.39, 0.29) is 12.1 Å². The topological polar surface area (TPSA) is 45.2 Å². The number of piperazine rings is 1. The molecule has 24 heavy (non-hydrogen) atoms. The molecule has 132 valence electrons. The number of hydrogen-bond donors (Lipinski definition) is 0. The van der Waals surface area contributed by atoms with Crippen LogP contribution in [0.25, 0.3) is 0 Å². The molecule has 6 nitrogen and oxygen atoms in total. The fraction of sp³-hybridized carbons (Fsp3) is 0.611. The Morgan fingerprint density at radius 3 is 2.75 bits per heavy atom. The third-order valence-corrected chi connectivity index (χ3v) is 4.78. The summed E-state index contributed by atoms with van der Waals surface area (Å²) in [6.45, 7) is 8.31. The average molecular weight is 333 g/mol.